The SMILES string of the molecule is C[C@H](CCC(=O)[O-])[C@H]1CC[C@@H]2[C@H]3CC[C@@H]4C[C@H](OC=O)CC[C@]4(C)[C@H]3CC[C@@]21C. The summed E-state index contributed by atoms with van der Waals surface area (Å²) in [5, 5.41) is 11.0. The number of carboxylic acid groups (broad SMARTS) is 1. The van der Waals surface area contributed by atoms with Gasteiger partial charge >= 0.3 is 0 Å². The predicted octanol–water partition coefficient (Wildman–Crippen LogP) is 4.35. The molecule has 0 saturated heterocycles. The second-order valence-corrected chi connectivity index (χ2v) is 11.4. The zero-order valence-electron chi connectivity index (χ0n) is 18.5. The second-order valence-electron chi connectivity index (χ2n) is 11.4. The van der Waals surface area contributed by atoms with Crippen LogP contribution in [0, 0.1) is 46.3 Å². The molecule has 4 rings (SSSR count). The number of rotatable bonds is 6. The highest BCUT2D eigenvalue weighted by Gasteiger charge is 2.60. The van der Waals surface area contributed by atoms with E-state index in [0.717, 1.165) is 37.0 Å². The van der Waals surface area contributed by atoms with Crippen molar-refractivity contribution in [3.8, 4) is 0 Å². The van der Waals surface area contributed by atoms with Gasteiger partial charge in [-0.05, 0) is 117 Å². The number of aliphatic carboxylic acids is 1. The minimum Gasteiger partial charge on any atom is -0.550 e. The van der Waals surface area contributed by atoms with Crippen molar-refractivity contribution in [1.82, 2.24) is 0 Å². The number of carbonyl (C=O) groups excluding carboxylic acids is 2. The third-order valence-electron chi connectivity index (χ3n) is 10.4. The van der Waals surface area contributed by atoms with E-state index in [0.29, 0.717) is 35.1 Å². The first-order valence-corrected chi connectivity index (χ1v) is 12.1. The van der Waals surface area contributed by atoms with Gasteiger partial charge in [-0.25, -0.2) is 0 Å². The first-order valence-electron chi connectivity index (χ1n) is 12.1. The normalized spacial score (nSPS) is 47.4. The maximum Gasteiger partial charge on any atom is 0.293 e. The van der Waals surface area contributed by atoms with Gasteiger partial charge in [0.1, 0.15) is 6.10 Å². The molecule has 0 N–H and O–H groups in total. The lowest BCUT2D eigenvalue weighted by Crippen LogP contribution is -2.54. The molecule has 4 nitrogen and oxygen atoms in total. The fraction of sp³-hybridized carbons (Fsp3) is 0.920. The van der Waals surface area contributed by atoms with E-state index in [1.807, 2.05) is 0 Å². The summed E-state index contributed by atoms with van der Waals surface area (Å²) in [6.45, 7) is 8.00. The summed E-state index contributed by atoms with van der Waals surface area (Å²) in [5.41, 5.74) is 0.791. The molecule has 0 radical (unpaired) electrons. The first kappa shape index (κ1) is 21.2. The number of fused-ring (bicyclic) bond motifs is 5. The van der Waals surface area contributed by atoms with Crippen LogP contribution in [0.3, 0.4) is 0 Å². The summed E-state index contributed by atoms with van der Waals surface area (Å²) >= 11 is 0. The zero-order valence-corrected chi connectivity index (χ0v) is 18.5. The van der Waals surface area contributed by atoms with Crippen LogP contribution in [0.15, 0.2) is 0 Å². The Morgan fingerprint density at radius 2 is 1.79 bits per heavy atom. The number of carboxylic acids is 1. The molecular weight excluding hydrogens is 364 g/mol. The average Bonchev–Trinajstić information content (AvgIpc) is 3.04. The summed E-state index contributed by atoms with van der Waals surface area (Å²) in [6, 6.07) is 0. The Hall–Kier alpha value is -1.06. The van der Waals surface area contributed by atoms with Crippen LogP contribution in [0.1, 0.15) is 91.4 Å². The minimum atomic E-state index is -0.902. The topological polar surface area (TPSA) is 66.4 Å². The molecule has 0 aromatic heterocycles. The first-order chi connectivity index (χ1) is 13.8. The van der Waals surface area contributed by atoms with E-state index in [2.05, 4.69) is 20.8 Å². The standard InChI is InChI=1S/C25H40O4/c1-16(4-9-23(27)28)20-7-8-21-19-6-5-17-14-18(29-15-26)10-12-24(17,2)22(19)11-13-25(20,21)3/h15-22H,4-14H2,1-3H3,(H,27,28)/p-1/t16-,17-,18-,19-,20-,21-,22+,24+,25-/m1/s1. The fourth-order valence-electron chi connectivity index (χ4n) is 8.94. The Morgan fingerprint density at radius 1 is 1.07 bits per heavy atom. The molecule has 164 valence electrons. The molecule has 0 amide bonds. The highest BCUT2D eigenvalue weighted by atomic mass is 16.5. The molecule has 0 bridgehead atoms. The Morgan fingerprint density at radius 3 is 2.52 bits per heavy atom. The molecular formula is C25H39O4-. The molecule has 4 aliphatic carbocycles. The Balaban J connectivity index is 1.48. The van der Waals surface area contributed by atoms with Crippen LogP contribution in [0.4, 0.5) is 0 Å². The highest BCUT2D eigenvalue weighted by molar-refractivity contribution is 5.64. The van der Waals surface area contributed by atoms with E-state index in [1.54, 1.807) is 0 Å². The van der Waals surface area contributed by atoms with E-state index < -0.39 is 5.97 Å². The lowest BCUT2D eigenvalue weighted by molar-refractivity contribution is -0.306. The summed E-state index contributed by atoms with van der Waals surface area (Å²) in [7, 11) is 0. The van der Waals surface area contributed by atoms with E-state index in [4.69, 9.17) is 4.74 Å². The van der Waals surface area contributed by atoms with Crippen LogP contribution < -0.4 is 5.11 Å². The molecule has 0 aliphatic heterocycles. The number of hydrogen-bond donors (Lipinski definition) is 0. The predicted molar refractivity (Wildman–Crippen MR) is 110 cm³/mol. The average molecular weight is 404 g/mol. The van der Waals surface area contributed by atoms with Crippen molar-refractivity contribution in [3.63, 3.8) is 0 Å². The smallest absolute Gasteiger partial charge is 0.293 e. The fourth-order valence-corrected chi connectivity index (χ4v) is 8.94. The molecule has 4 fully saturated rings. The van der Waals surface area contributed by atoms with Crippen molar-refractivity contribution in [2.24, 2.45) is 46.3 Å². The van der Waals surface area contributed by atoms with Crippen molar-refractivity contribution >= 4 is 12.4 Å². The minimum absolute atomic E-state index is 0.136. The van der Waals surface area contributed by atoms with E-state index >= 15 is 0 Å². The van der Waals surface area contributed by atoms with Crippen LogP contribution in [0.5, 0.6) is 0 Å². The molecule has 0 heterocycles. The maximum atomic E-state index is 11.0. The molecule has 9 atom stereocenters. The number of carbonyl (C=O) groups is 2. The molecule has 0 unspecified atom stereocenters. The second kappa shape index (κ2) is 7.89. The quantitative estimate of drug-likeness (QED) is 0.618. The highest BCUT2D eigenvalue weighted by Crippen LogP contribution is 2.68. The van der Waals surface area contributed by atoms with Crippen LogP contribution in [-0.2, 0) is 14.3 Å². The lowest BCUT2D eigenvalue weighted by Gasteiger charge is -2.61. The molecule has 29 heavy (non-hydrogen) atoms. The van der Waals surface area contributed by atoms with Gasteiger partial charge in [-0.1, -0.05) is 20.8 Å². The zero-order chi connectivity index (χ0) is 20.8. The van der Waals surface area contributed by atoms with Gasteiger partial charge in [-0.15, -0.1) is 0 Å². The van der Waals surface area contributed by atoms with Gasteiger partial charge < -0.3 is 14.6 Å². The summed E-state index contributed by atoms with van der Waals surface area (Å²) in [5.74, 6) is 3.38. The van der Waals surface area contributed by atoms with Crippen molar-refractivity contribution < 1.29 is 19.4 Å². The maximum absolute atomic E-state index is 11.0. The van der Waals surface area contributed by atoms with E-state index in [1.165, 1.54) is 44.9 Å². The van der Waals surface area contributed by atoms with Gasteiger partial charge in [0, 0.05) is 5.97 Å². The van der Waals surface area contributed by atoms with Gasteiger partial charge in [0.25, 0.3) is 6.47 Å². The Labute approximate surface area is 176 Å². The molecule has 4 saturated carbocycles. The Kier molecular flexibility index (Phi) is 5.76. The van der Waals surface area contributed by atoms with Crippen molar-refractivity contribution in [1.29, 1.82) is 0 Å². The Bertz CT molecular complexity index is 632. The summed E-state index contributed by atoms with van der Waals surface area (Å²) in [4.78, 5) is 21.8. The van der Waals surface area contributed by atoms with Gasteiger partial charge in [-0.2, -0.15) is 0 Å². The van der Waals surface area contributed by atoms with Crippen LogP contribution in [0.2, 0.25) is 0 Å². The summed E-state index contributed by atoms with van der Waals surface area (Å²) < 4.78 is 5.35. The van der Waals surface area contributed by atoms with Gasteiger partial charge in [0.15, 0.2) is 0 Å². The molecule has 0 aromatic carbocycles. The van der Waals surface area contributed by atoms with Crippen molar-refractivity contribution in [2.75, 3.05) is 0 Å². The van der Waals surface area contributed by atoms with Gasteiger partial charge in [0.2, 0.25) is 0 Å². The largest absolute Gasteiger partial charge is 0.550 e. The molecule has 4 heteroatoms. The van der Waals surface area contributed by atoms with Crippen LogP contribution >= 0.6 is 0 Å². The third-order valence-corrected chi connectivity index (χ3v) is 10.4. The van der Waals surface area contributed by atoms with Gasteiger partial charge in [0.05, 0.1) is 0 Å². The number of hydrogen-bond acceptors (Lipinski definition) is 4. The van der Waals surface area contributed by atoms with Crippen molar-refractivity contribution in [2.45, 2.75) is 97.5 Å². The van der Waals surface area contributed by atoms with Crippen molar-refractivity contribution in [3.05, 3.63) is 0 Å². The lowest BCUT2D eigenvalue weighted by atomic mass is 9.44. The van der Waals surface area contributed by atoms with Gasteiger partial charge in [-0.3, -0.25) is 4.79 Å². The van der Waals surface area contributed by atoms with E-state index in [9.17, 15) is 14.7 Å². The van der Waals surface area contributed by atoms with E-state index in [-0.39, 0.29) is 12.5 Å². The molecule has 0 aromatic rings. The molecule has 4 aliphatic rings. The molecule has 0 spiro atoms. The third kappa shape index (κ3) is 3.53. The number of ether oxygens (including phenoxy) is 1. The summed E-state index contributed by atoms with van der Waals surface area (Å²) in [6.07, 6.45) is 12.2. The monoisotopic (exact) mass is 403 g/mol. The van der Waals surface area contributed by atoms with Crippen LogP contribution in [-0.4, -0.2) is 18.5 Å². The van der Waals surface area contributed by atoms with Crippen LogP contribution in [0.25, 0.3) is 0 Å².